The number of ether oxygens (including phenoxy) is 2. The molecule has 212 valence electrons. The molecule has 41 heavy (non-hydrogen) atoms. The van der Waals surface area contributed by atoms with Crippen LogP contribution in [-0.2, 0) is 6.42 Å². The minimum atomic E-state index is -1.44. The molecular formula is C30H26O11. The van der Waals surface area contributed by atoms with Crippen LogP contribution in [-0.4, -0.2) is 58.2 Å². The predicted octanol–water partition coefficient (Wildman–Crippen LogP) is 3.29. The summed E-state index contributed by atoms with van der Waals surface area (Å²) in [7, 11) is 0. The first-order valence-corrected chi connectivity index (χ1v) is 12.7. The quantitative estimate of drug-likeness (QED) is 0.166. The molecule has 4 aromatic carbocycles. The van der Waals surface area contributed by atoms with Crippen LogP contribution in [0.4, 0.5) is 0 Å². The van der Waals surface area contributed by atoms with Crippen molar-refractivity contribution >= 4 is 0 Å². The lowest BCUT2D eigenvalue weighted by Crippen LogP contribution is -2.37. The van der Waals surface area contributed by atoms with Crippen LogP contribution >= 0.6 is 0 Å². The van der Waals surface area contributed by atoms with Gasteiger partial charge in [0.15, 0.2) is 29.1 Å². The number of rotatable bonds is 3. The minimum absolute atomic E-state index is 0.0395. The van der Waals surface area contributed by atoms with E-state index >= 15 is 0 Å². The SMILES string of the molecule is Oc1ccc([C@H]2c3c(O)cc4c(c3O[C@H](c3ccc(O)c(O)c3)[C@H]2O)C[C@@H](O)[C@@H](c2ccc(O)c(O)c2)O4)c(O)c1. The summed E-state index contributed by atoms with van der Waals surface area (Å²) < 4.78 is 12.3. The maximum absolute atomic E-state index is 11.6. The molecule has 0 spiro atoms. The van der Waals surface area contributed by atoms with Gasteiger partial charge in [-0.25, -0.2) is 0 Å². The first-order valence-electron chi connectivity index (χ1n) is 12.7. The van der Waals surface area contributed by atoms with E-state index in [0.29, 0.717) is 11.1 Å². The van der Waals surface area contributed by atoms with E-state index < -0.39 is 41.8 Å². The van der Waals surface area contributed by atoms with Crippen LogP contribution in [0.25, 0.3) is 0 Å². The van der Waals surface area contributed by atoms with Gasteiger partial charge in [0.05, 0.1) is 6.10 Å². The van der Waals surface area contributed by atoms with Crippen molar-refractivity contribution in [2.75, 3.05) is 0 Å². The molecule has 0 unspecified atom stereocenters. The second-order valence-electron chi connectivity index (χ2n) is 10.2. The summed E-state index contributed by atoms with van der Waals surface area (Å²) in [4.78, 5) is 0. The smallest absolute Gasteiger partial charge is 0.157 e. The maximum atomic E-state index is 11.6. The highest BCUT2D eigenvalue weighted by Crippen LogP contribution is 2.56. The molecule has 2 aliphatic rings. The van der Waals surface area contributed by atoms with Crippen LogP contribution in [0, 0.1) is 0 Å². The van der Waals surface area contributed by atoms with Gasteiger partial charge in [-0.15, -0.1) is 0 Å². The van der Waals surface area contributed by atoms with Gasteiger partial charge in [-0.3, -0.25) is 0 Å². The fourth-order valence-electron chi connectivity index (χ4n) is 5.61. The molecular weight excluding hydrogens is 536 g/mol. The number of aliphatic hydroxyl groups excluding tert-OH is 2. The van der Waals surface area contributed by atoms with E-state index in [9.17, 15) is 46.0 Å². The Morgan fingerprint density at radius 3 is 1.83 bits per heavy atom. The fraction of sp³-hybridized carbons (Fsp3) is 0.200. The van der Waals surface area contributed by atoms with Gasteiger partial charge in [0, 0.05) is 41.2 Å². The molecule has 0 saturated heterocycles. The van der Waals surface area contributed by atoms with Gasteiger partial charge < -0.3 is 55.4 Å². The van der Waals surface area contributed by atoms with Crippen molar-refractivity contribution in [2.45, 2.75) is 36.8 Å². The lowest BCUT2D eigenvalue weighted by molar-refractivity contribution is -0.00190. The lowest BCUT2D eigenvalue weighted by Gasteiger charge is -2.41. The van der Waals surface area contributed by atoms with Gasteiger partial charge in [0.1, 0.15) is 41.0 Å². The van der Waals surface area contributed by atoms with Gasteiger partial charge in [0.25, 0.3) is 0 Å². The van der Waals surface area contributed by atoms with Crippen molar-refractivity contribution in [3.05, 3.63) is 88.5 Å². The molecule has 11 heteroatoms. The number of hydrogen-bond donors (Lipinski definition) is 9. The minimum Gasteiger partial charge on any atom is -0.508 e. The summed E-state index contributed by atoms with van der Waals surface area (Å²) in [5.41, 5.74) is 1.27. The summed E-state index contributed by atoms with van der Waals surface area (Å²) >= 11 is 0. The largest absolute Gasteiger partial charge is 0.508 e. The first kappa shape index (κ1) is 26.2. The molecule has 0 radical (unpaired) electrons. The van der Waals surface area contributed by atoms with Crippen molar-refractivity contribution in [1.29, 1.82) is 0 Å². The fourth-order valence-corrected chi connectivity index (χ4v) is 5.61. The number of aromatic hydroxyl groups is 7. The molecule has 0 aliphatic carbocycles. The molecule has 0 saturated carbocycles. The molecule has 0 aromatic heterocycles. The van der Waals surface area contributed by atoms with Gasteiger partial charge >= 0.3 is 0 Å². The zero-order valence-electron chi connectivity index (χ0n) is 21.2. The molecule has 2 heterocycles. The molecule has 0 amide bonds. The molecule has 4 aromatic rings. The average Bonchev–Trinajstić information content (AvgIpc) is 2.92. The van der Waals surface area contributed by atoms with Crippen molar-refractivity contribution in [1.82, 2.24) is 0 Å². The molecule has 0 bridgehead atoms. The van der Waals surface area contributed by atoms with Crippen molar-refractivity contribution < 1.29 is 55.4 Å². The van der Waals surface area contributed by atoms with Crippen molar-refractivity contribution in [2.24, 2.45) is 0 Å². The molecule has 11 nitrogen and oxygen atoms in total. The third-order valence-electron chi connectivity index (χ3n) is 7.59. The van der Waals surface area contributed by atoms with E-state index in [4.69, 9.17) is 9.47 Å². The van der Waals surface area contributed by atoms with Crippen LogP contribution in [0.5, 0.6) is 51.7 Å². The molecule has 6 rings (SSSR count). The summed E-state index contributed by atoms with van der Waals surface area (Å²) in [5.74, 6) is -3.36. The molecule has 0 fully saturated rings. The Bertz CT molecular complexity index is 1670. The summed E-state index contributed by atoms with van der Waals surface area (Å²) in [6.45, 7) is 0. The Morgan fingerprint density at radius 2 is 1.22 bits per heavy atom. The third kappa shape index (κ3) is 4.31. The van der Waals surface area contributed by atoms with Crippen LogP contribution in [0.3, 0.4) is 0 Å². The standard InChI is InChI=1S/C30H26O11/c31-14-3-4-15(19(34)9-14)25-26-22(37)11-24-16(10-23(38)28(40-24)12-1-5-17(32)20(35)7-12)30(26)41-29(27(25)39)13-2-6-18(33)21(36)8-13/h1-9,11,23,25,27-29,31-39H,10H2/t23-,25+,27+,28-,29-/m1/s1. The highest BCUT2D eigenvalue weighted by atomic mass is 16.5. The molecule has 2 aliphatic heterocycles. The van der Waals surface area contributed by atoms with Crippen LogP contribution in [0.1, 0.15) is 45.9 Å². The van der Waals surface area contributed by atoms with Gasteiger partial charge in [-0.2, -0.15) is 0 Å². The number of phenols is 7. The normalized spacial score (nSPS) is 23.1. The Balaban J connectivity index is 1.51. The number of phenolic OH excluding ortho intramolecular Hbond substituents is 7. The predicted molar refractivity (Wildman–Crippen MR) is 142 cm³/mol. The van der Waals surface area contributed by atoms with E-state index in [0.717, 1.165) is 6.07 Å². The topological polar surface area (TPSA) is 201 Å². The Morgan fingerprint density at radius 1 is 0.585 bits per heavy atom. The van der Waals surface area contributed by atoms with E-state index in [1.54, 1.807) is 0 Å². The monoisotopic (exact) mass is 562 g/mol. The Labute approximate surface area is 232 Å². The number of hydrogen-bond acceptors (Lipinski definition) is 11. The maximum Gasteiger partial charge on any atom is 0.157 e. The van der Waals surface area contributed by atoms with Crippen LogP contribution < -0.4 is 9.47 Å². The lowest BCUT2D eigenvalue weighted by atomic mass is 9.77. The molecule has 5 atom stereocenters. The Hall–Kier alpha value is -5.00. The highest BCUT2D eigenvalue weighted by molar-refractivity contribution is 5.64. The second-order valence-corrected chi connectivity index (χ2v) is 10.2. The van der Waals surface area contributed by atoms with Crippen molar-refractivity contribution in [3.63, 3.8) is 0 Å². The first-order chi connectivity index (χ1) is 19.5. The number of aliphatic hydroxyl groups is 2. The third-order valence-corrected chi connectivity index (χ3v) is 7.59. The van der Waals surface area contributed by atoms with Crippen LogP contribution in [0.2, 0.25) is 0 Å². The van der Waals surface area contributed by atoms with Gasteiger partial charge in [0.2, 0.25) is 0 Å². The van der Waals surface area contributed by atoms with Gasteiger partial charge in [-0.05, 0) is 41.5 Å². The highest BCUT2D eigenvalue weighted by Gasteiger charge is 2.45. The number of fused-ring (bicyclic) bond motifs is 3. The van der Waals surface area contributed by atoms with Crippen molar-refractivity contribution in [3.8, 4) is 51.7 Å². The van der Waals surface area contributed by atoms with E-state index in [1.807, 2.05) is 0 Å². The van der Waals surface area contributed by atoms with Gasteiger partial charge in [-0.1, -0.05) is 18.2 Å². The summed E-state index contributed by atoms with van der Waals surface area (Å²) in [6, 6.07) is 13.0. The summed E-state index contributed by atoms with van der Waals surface area (Å²) in [6.07, 6.45) is -4.79. The Kier molecular flexibility index (Phi) is 6.13. The zero-order chi connectivity index (χ0) is 29.2. The van der Waals surface area contributed by atoms with E-state index in [1.165, 1.54) is 54.6 Å². The second kappa shape index (κ2) is 9.58. The summed E-state index contributed by atoms with van der Waals surface area (Å²) in [5, 5.41) is 94.1. The zero-order valence-corrected chi connectivity index (χ0v) is 21.2. The average molecular weight is 563 g/mol. The van der Waals surface area contributed by atoms with E-state index in [2.05, 4.69) is 0 Å². The van der Waals surface area contributed by atoms with E-state index in [-0.39, 0.29) is 63.4 Å². The number of benzene rings is 4. The molecule has 9 N–H and O–H groups in total. The van der Waals surface area contributed by atoms with Crippen LogP contribution in [0.15, 0.2) is 60.7 Å².